The van der Waals surface area contributed by atoms with Gasteiger partial charge in [-0.05, 0) is 72.1 Å². The van der Waals surface area contributed by atoms with Crippen molar-refractivity contribution in [3.8, 4) is 17.6 Å². The molecule has 3 aromatic rings. The van der Waals surface area contributed by atoms with Crippen molar-refractivity contribution in [2.45, 2.75) is 20.4 Å². The normalized spacial score (nSPS) is 10.8. The molecule has 8 nitrogen and oxygen atoms in total. The van der Waals surface area contributed by atoms with Crippen molar-refractivity contribution in [2.75, 3.05) is 32.6 Å². The lowest BCUT2D eigenvalue weighted by Gasteiger charge is -2.32. The number of nitriles is 1. The summed E-state index contributed by atoms with van der Waals surface area (Å²) in [4.78, 5) is 27.8. The number of anilines is 1. The molecule has 0 aliphatic rings. The molecule has 3 rings (SSSR count). The molecule has 0 heterocycles. The fourth-order valence-corrected chi connectivity index (χ4v) is 3.75. The molecule has 37 heavy (non-hydrogen) atoms. The SMILES string of the molecule is COc1ccc(C(=O)Nc2ccc(CN(CC(C)(C)CN)C(=O)c3ccc(C#N)cc3)cc2)cc1OC. The number of carbonyl (C=O) groups excluding carboxylic acids is 2. The first-order valence-electron chi connectivity index (χ1n) is 11.8. The van der Waals surface area contributed by atoms with E-state index < -0.39 is 0 Å². The van der Waals surface area contributed by atoms with Crippen LogP contribution in [0.5, 0.6) is 11.5 Å². The van der Waals surface area contributed by atoms with Gasteiger partial charge in [0, 0.05) is 29.9 Å². The fraction of sp³-hybridized carbons (Fsp3) is 0.276. The van der Waals surface area contributed by atoms with Gasteiger partial charge in [0.15, 0.2) is 11.5 Å². The van der Waals surface area contributed by atoms with Crippen molar-refractivity contribution in [2.24, 2.45) is 11.1 Å². The molecule has 0 atom stereocenters. The summed E-state index contributed by atoms with van der Waals surface area (Å²) in [5, 5.41) is 11.9. The summed E-state index contributed by atoms with van der Waals surface area (Å²) >= 11 is 0. The molecular formula is C29H32N4O4. The number of nitrogens with zero attached hydrogens (tertiary/aromatic N) is 2. The third-order valence-corrected chi connectivity index (χ3v) is 5.95. The van der Waals surface area contributed by atoms with E-state index in [0.717, 1.165) is 5.56 Å². The second-order valence-corrected chi connectivity index (χ2v) is 9.44. The molecule has 0 aliphatic carbocycles. The van der Waals surface area contributed by atoms with Gasteiger partial charge in [0.2, 0.25) is 0 Å². The monoisotopic (exact) mass is 500 g/mol. The van der Waals surface area contributed by atoms with Gasteiger partial charge in [0.1, 0.15) is 0 Å². The Morgan fingerprint density at radius 1 is 0.946 bits per heavy atom. The Bertz CT molecular complexity index is 1280. The summed E-state index contributed by atoms with van der Waals surface area (Å²) < 4.78 is 10.5. The molecule has 0 spiro atoms. The van der Waals surface area contributed by atoms with Crippen LogP contribution in [-0.4, -0.2) is 44.0 Å². The standard InChI is InChI=1S/C29H32N4O4/c1-29(2,18-31)19-33(28(35)22-9-5-20(16-30)6-10-22)17-21-7-12-24(13-8-21)32-27(34)23-11-14-25(36-3)26(15-23)37-4/h5-15H,17-19,31H2,1-4H3,(H,32,34). The minimum atomic E-state index is -0.282. The van der Waals surface area contributed by atoms with Crippen LogP contribution in [0.1, 0.15) is 45.7 Å². The van der Waals surface area contributed by atoms with Crippen LogP contribution in [0, 0.1) is 16.7 Å². The molecule has 0 saturated carbocycles. The maximum Gasteiger partial charge on any atom is 0.255 e. The van der Waals surface area contributed by atoms with Crippen LogP contribution in [0.15, 0.2) is 66.7 Å². The van der Waals surface area contributed by atoms with E-state index in [1.165, 1.54) is 14.2 Å². The minimum absolute atomic E-state index is 0.142. The lowest BCUT2D eigenvalue weighted by atomic mass is 9.92. The Kier molecular flexibility index (Phi) is 8.88. The Morgan fingerprint density at radius 2 is 1.57 bits per heavy atom. The molecule has 0 fully saturated rings. The van der Waals surface area contributed by atoms with Gasteiger partial charge in [-0.3, -0.25) is 9.59 Å². The molecule has 8 heteroatoms. The summed E-state index contributed by atoms with van der Waals surface area (Å²) in [7, 11) is 3.05. The Hall–Kier alpha value is -4.35. The zero-order valence-electron chi connectivity index (χ0n) is 21.6. The summed E-state index contributed by atoms with van der Waals surface area (Å²) in [5.74, 6) is 0.590. The highest BCUT2D eigenvalue weighted by atomic mass is 16.5. The number of nitrogens with two attached hydrogens (primary N) is 1. The number of hydrogen-bond donors (Lipinski definition) is 2. The van der Waals surface area contributed by atoms with Crippen molar-refractivity contribution < 1.29 is 19.1 Å². The van der Waals surface area contributed by atoms with Gasteiger partial charge in [-0.25, -0.2) is 0 Å². The summed E-state index contributed by atoms with van der Waals surface area (Å²) in [6, 6.07) is 21.0. The third kappa shape index (κ3) is 7.09. The summed E-state index contributed by atoms with van der Waals surface area (Å²) in [6.07, 6.45) is 0. The predicted octanol–water partition coefficient (Wildman–Crippen LogP) is 4.46. The second-order valence-electron chi connectivity index (χ2n) is 9.44. The van der Waals surface area contributed by atoms with Gasteiger partial charge in [0.05, 0.1) is 25.9 Å². The number of rotatable bonds is 10. The molecule has 0 radical (unpaired) electrons. The van der Waals surface area contributed by atoms with Crippen molar-refractivity contribution in [3.63, 3.8) is 0 Å². The predicted molar refractivity (Wildman–Crippen MR) is 143 cm³/mol. The second kappa shape index (κ2) is 12.1. The Labute approximate surface area is 217 Å². The summed E-state index contributed by atoms with van der Waals surface area (Å²) in [6.45, 7) is 5.27. The summed E-state index contributed by atoms with van der Waals surface area (Å²) in [5.41, 5.74) is 8.62. The van der Waals surface area contributed by atoms with Crippen LogP contribution < -0.4 is 20.5 Å². The average Bonchev–Trinajstić information content (AvgIpc) is 2.92. The van der Waals surface area contributed by atoms with E-state index in [2.05, 4.69) is 11.4 Å². The van der Waals surface area contributed by atoms with Crippen LogP contribution in [0.3, 0.4) is 0 Å². The molecule has 192 valence electrons. The molecule has 0 bridgehead atoms. The first-order chi connectivity index (χ1) is 17.7. The van der Waals surface area contributed by atoms with E-state index in [4.69, 9.17) is 20.5 Å². The lowest BCUT2D eigenvalue weighted by Crippen LogP contribution is -2.41. The molecule has 0 saturated heterocycles. The van der Waals surface area contributed by atoms with Crippen molar-refractivity contribution in [3.05, 3.63) is 89.0 Å². The van der Waals surface area contributed by atoms with E-state index in [0.29, 0.717) is 53.5 Å². The van der Waals surface area contributed by atoms with E-state index in [1.807, 2.05) is 26.0 Å². The minimum Gasteiger partial charge on any atom is -0.493 e. The largest absolute Gasteiger partial charge is 0.493 e. The zero-order valence-corrected chi connectivity index (χ0v) is 21.6. The number of methoxy groups -OCH3 is 2. The first-order valence-corrected chi connectivity index (χ1v) is 11.8. The maximum absolute atomic E-state index is 13.3. The van der Waals surface area contributed by atoms with Crippen LogP contribution in [0.25, 0.3) is 0 Å². The number of ether oxygens (including phenoxy) is 2. The third-order valence-electron chi connectivity index (χ3n) is 5.95. The molecule has 2 amide bonds. The van der Waals surface area contributed by atoms with Gasteiger partial charge in [0.25, 0.3) is 11.8 Å². The van der Waals surface area contributed by atoms with Gasteiger partial charge in [-0.15, -0.1) is 0 Å². The Balaban J connectivity index is 1.75. The van der Waals surface area contributed by atoms with E-state index in [9.17, 15) is 9.59 Å². The fourth-order valence-electron chi connectivity index (χ4n) is 3.75. The van der Waals surface area contributed by atoms with Crippen molar-refractivity contribution >= 4 is 17.5 Å². The van der Waals surface area contributed by atoms with Gasteiger partial charge in [-0.1, -0.05) is 26.0 Å². The Morgan fingerprint density at radius 3 is 2.14 bits per heavy atom. The van der Waals surface area contributed by atoms with E-state index >= 15 is 0 Å². The van der Waals surface area contributed by atoms with Gasteiger partial charge < -0.3 is 25.4 Å². The number of amides is 2. The van der Waals surface area contributed by atoms with Gasteiger partial charge in [-0.2, -0.15) is 5.26 Å². The highest BCUT2D eigenvalue weighted by Crippen LogP contribution is 2.28. The van der Waals surface area contributed by atoms with Crippen LogP contribution in [-0.2, 0) is 6.54 Å². The number of carbonyl (C=O) groups is 2. The van der Waals surface area contributed by atoms with Crippen molar-refractivity contribution in [1.82, 2.24) is 4.90 Å². The molecular weight excluding hydrogens is 468 g/mol. The number of hydrogen-bond acceptors (Lipinski definition) is 6. The van der Waals surface area contributed by atoms with Crippen LogP contribution in [0.2, 0.25) is 0 Å². The molecule has 3 aromatic carbocycles. The zero-order chi connectivity index (χ0) is 27.0. The van der Waals surface area contributed by atoms with E-state index in [1.54, 1.807) is 59.5 Å². The highest BCUT2D eigenvalue weighted by Gasteiger charge is 2.25. The first kappa shape index (κ1) is 27.2. The smallest absolute Gasteiger partial charge is 0.255 e. The topological polar surface area (TPSA) is 118 Å². The quantitative estimate of drug-likeness (QED) is 0.425. The average molecular weight is 501 g/mol. The number of nitrogens with one attached hydrogen (secondary N) is 1. The van der Waals surface area contributed by atoms with Crippen molar-refractivity contribution in [1.29, 1.82) is 5.26 Å². The van der Waals surface area contributed by atoms with E-state index in [-0.39, 0.29) is 17.2 Å². The lowest BCUT2D eigenvalue weighted by molar-refractivity contribution is 0.0673. The maximum atomic E-state index is 13.3. The number of benzene rings is 3. The molecule has 0 aliphatic heterocycles. The van der Waals surface area contributed by atoms with Crippen LogP contribution >= 0.6 is 0 Å². The van der Waals surface area contributed by atoms with Gasteiger partial charge >= 0.3 is 0 Å². The highest BCUT2D eigenvalue weighted by molar-refractivity contribution is 6.04. The van der Waals surface area contributed by atoms with Crippen LogP contribution in [0.4, 0.5) is 5.69 Å². The molecule has 3 N–H and O–H groups in total. The molecule has 0 unspecified atom stereocenters. The molecule has 0 aromatic heterocycles.